The van der Waals surface area contributed by atoms with Crippen LogP contribution in [0.5, 0.6) is 5.75 Å². The molecule has 0 saturated carbocycles. The Morgan fingerprint density at radius 3 is 2.65 bits per heavy atom. The van der Waals surface area contributed by atoms with E-state index in [0.29, 0.717) is 11.3 Å². The fourth-order valence-corrected chi connectivity index (χ4v) is 2.98. The lowest BCUT2D eigenvalue weighted by Crippen LogP contribution is -2.00. The molecule has 0 fully saturated rings. The minimum atomic E-state index is -1.02. The first-order chi connectivity index (χ1) is 9.69. The highest BCUT2D eigenvalue weighted by molar-refractivity contribution is 7.21. The summed E-state index contributed by atoms with van der Waals surface area (Å²) < 4.78 is 6.04. The van der Waals surface area contributed by atoms with E-state index in [4.69, 9.17) is 4.74 Å². The van der Waals surface area contributed by atoms with Crippen molar-refractivity contribution in [1.82, 2.24) is 4.98 Å². The maximum absolute atomic E-state index is 11.2. The van der Waals surface area contributed by atoms with Crippen LogP contribution in [0.2, 0.25) is 0 Å². The predicted octanol–water partition coefficient (Wildman–Crippen LogP) is 3.67. The number of carbonyl (C=O) groups is 1. The summed E-state index contributed by atoms with van der Waals surface area (Å²) in [4.78, 5) is 15.7. The molecule has 1 N–H and O–H groups in total. The van der Waals surface area contributed by atoms with Crippen LogP contribution in [0.25, 0.3) is 20.8 Å². The highest BCUT2D eigenvalue weighted by atomic mass is 32.1. The van der Waals surface area contributed by atoms with E-state index < -0.39 is 5.97 Å². The Balaban J connectivity index is 2.19. The van der Waals surface area contributed by atoms with Gasteiger partial charge in [0.15, 0.2) is 0 Å². The van der Waals surface area contributed by atoms with Crippen molar-refractivity contribution in [2.24, 2.45) is 0 Å². The molecule has 0 aliphatic rings. The van der Waals surface area contributed by atoms with Crippen LogP contribution in [-0.2, 0) is 0 Å². The molecule has 0 radical (unpaired) electrons. The number of ether oxygens (including phenoxy) is 1. The van der Waals surface area contributed by atoms with E-state index in [1.807, 2.05) is 30.3 Å². The maximum atomic E-state index is 11.2. The fraction of sp³-hybridized carbons (Fsp3) is 0.0667. The van der Waals surface area contributed by atoms with Gasteiger partial charge >= 0.3 is 5.97 Å². The van der Waals surface area contributed by atoms with Gasteiger partial charge in [-0.2, -0.15) is 0 Å². The quantitative estimate of drug-likeness (QED) is 0.797. The van der Waals surface area contributed by atoms with Gasteiger partial charge in [-0.25, -0.2) is 9.78 Å². The molecule has 0 saturated heterocycles. The molecule has 0 aliphatic heterocycles. The Labute approximate surface area is 119 Å². The first kappa shape index (κ1) is 12.6. The summed E-state index contributed by atoms with van der Waals surface area (Å²) in [6.07, 6.45) is 0. The van der Waals surface area contributed by atoms with Crippen molar-refractivity contribution in [2.45, 2.75) is 0 Å². The van der Waals surface area contributed by atoms with Crippen molar-refractivity contribution in [1.29, 1.82) is 0 Å². The van der Waals surface area contributed by atoms with E-state index in [0.717, 1.165) is 15.3 Å². The number of carboxylic acids is 1. The number of rotatable bonds is 3. The summed E-state index contributed by atoms with van der Waals surface area (Å²) in [6, 6.07) is 13.1. The molecule has 0 bridgehead atoms. The van der Waals surface area contributed by atoms with Crippen molar-refractivity contribution in [3.8, 4) is 16.3 Å². The number of fused-ring (bicyclic) bond motifs is 1. The molecule has 0 unspecified atom stereocenters. The van der Waals surface area contributed by atoms with Crippen LogP contribution in [0.15, 0.2) is 42.5 Å². The number of aromatic carboxylic acids is 1. The molecule has 2 aromatic carbocycles. The van der Waals surface area contributed by atoms with Crippen molar-refractivity contribution >= 4 is 27.5 Å². The van der Waals surface area contributed by atoms with E-state index >= 15 is 0 Å². The second kappa shape index (κ2) is 4.94. The van der Waals surface area contributed by atoms with Gasteiger partial charge in [-0.15, -0.1) is 11.3 Å². The normalized spacial score (nSPS) is 10.7. The topological polar surface area (TPSA) is 59.4 Å². The van der Waals surface area contributed by atoms with Crippen LogP contribution in [0.1, 0.15) is 10.4 Å². The molecule has 0 amide bonds. The number of methoxy groups -OCH3 is 1. The molecule has 0 aliphatic carbocycles. The molecule has 5 heteroatoms. The number of hydrogen-bond donors (Lipinski definition) is 1. The van der Waals surface area contributed by atoms with Crippen LogP contribution in [0.4, 0.5) is 0 Å². The highest BCUT2D eigenvalue weighted by Gasteiger charge is 2.15. The van der Waals surface area contributed by atoms with Gasteiger partial charge in [0.1, 0.15) is 16.3 Å². The lowest BCUT2D eigenvalue weighted by molar-refractivity contribution is 0.0693. The smallest absolute Gasteiger partial charge is 0.339 e. The summed E-state index contributed by atoms with van der Waals surface area (Å²) in [7, 11) is 1.47. The molecule has 3 rings (SSSR count). The Bertz CT molecular complexity index is 780. The Morgan fingerprint density at radius 2 is 2.00 bits per heavy atom. The van der Waals surface area contributed by atoms with E-state index in [1.165, 1.54) is 18.4 Å². The highest BCUT2D eigenvalue weighted by Crippen LogP contribution is 2.34. The molecule has 3 aromatic rings. The first-order valence-electron chi connectivity index (χ1n) is 5.96. The Morgan fingerprint density at radius 1 is 1.25 bits per heavy atom. The first-order valence-corrected chi connectivity index (χ1v) is 6.78. The third-order valence-electron chi connectivity index (χ3n) is 2.96. The second-order valence-electron chi connectivity index (χ2n) is 4.21. The van der Waals surface area contributed by atoms with Gasteiger partial charge in [-0.3, -0.25) is 0 Å². The third-order valence-corrected chi connectivity index (χ3v) is 4.03. The van der Waals surface area contributed by atoms with Crippen LogP contribution >= 0.6 is 11.3 Å². The van der Waals surface area contributed by atoms with E-state index in [9.17, 15) is 9.90 Å². The molecule has 1 aromatic heterocycles. The van der Waals surface area contributed by atoms with Gasteiger partial charge in [0, 0.05) is 11.6 Å². The summed E-state index contributed by atoms with van der Waals surface area (Å²) in [6.45, 7) is 0. The number of hydrogen-bond acceptors (Lipinski definition) is 4. The molecular formula is C15H11NO3S. The largest absolute Gasteiger partial charge is 0.496 e. The number of thiazole rings is 1. The van der Waals surface area contributed by atoms with Crippen molar-refractivity contribution in [2.75, 3.05) is 7.11 Å². The van der Waals surface area contributed by atoms with Gasteiger partial charge in [0.05, 0.1) is 17.3 Å². The summed E-state index contributed by atoms with van der Waals surface area (Å²) in [5, 5.41) is 10.0. The van der Waals surface area contributed by atoms with Crippen LogP contribution in [0.3, 0.4) is 0 Å². The van der Waals surface area contributed by atoms with Gasteiger partial charge in [0.25, 0.3) is 0 Å². The van der Waals surface area contributed by atoms with Crippen molar-refractivity contribution < 1.29 is 14.6 Å². The number of aromatic nitrogens is 1. The average molecular weight is 285 g/mol. The lowest BCUT2D eigenvalue weighted by atomic mass is 10.2. The Hall–Kier alpha value is -2.40. The molecular weight excluding hydrogens is 274 g/mol. The van der Waals surface area contributed by atoms with Gasteiger partial charge in [0.2, 0.25) is 0 Å². The molecule has 100 valence electrons. The SMILES string of the molecule is COc1cc2sc(-c3ccccc3)nc2cc1C(=O)O. The minimum Gasteiger partial charge on any atom is -0.496 e. The molecule has 20 heavy (non-hydrogen) atoms. The summed E-state index contributed by atoms with van der Waals surface area (Å²) in [5.74, 6) is -0.661. The average Bonchev–Trinajstić information content (AvgIpc) is 2.89. The van der Waals surface area contributed by atoms with Crippen LogP contribution in [-0.4, -0.2) is 23.2 Å². The van der Waals surface area contributed by atoms with E-state index in [-0.39, 0.29) is 5.56 Å². The summed E-state index contributed by atoms with van der Waals surface area (Å²) in [5.41, 5.74) is 1.82. The second-order valence-corrected chi connectivity index (χ2v) is 5.24. The number of carboxylic acid groups (broad SMARTS) is 1. The van der Waals surface area contributed by atoms with E-state index in [2.05, 4.69) is 4.98 Å². The summed E-state index contributed by atoms with van der Waals surface area (Å²) >= 11 is 1.52. The maximum Gasteiger partial charge on any atom is 0.339 e. The molecule has 0 atom stereocenters. The minimum absolute atomic E-state index is 0.130. The van der Waals surface area contributed by atoms with E-state index in [1.54, 1.807) is 12.1 Å². The van der Waals surface area contributed by atoms with Crippen molar-refractivity contribution in [3.63, 3.8) is 0 Å². The van der Waals surface area contributed by atoms with Gasteiger partial charge < -0.3 is 9.84 Å². The molecule has 1 heterocycles. The third kappa shape index (κ3) is 2.12. The molecule has 0 spiro atoms. The number of nitrogens with zero attached hydrogens (tertiary/aromatic N) is 1. The standard InChI is InChI=1S/C15H11NO3S/c1-19-12-8-13-11(7-10(12)15(17)18)16-14(20-13)9-5-3-2-4-6-9/h2-8H,1H3,(H,17,18). The Kier molecular flexibility index (Phi) is 3.12. The van der Waals surface area contributed by atoms with Crippen molar-refractivity contribution in [3.05, 3.63) is 48.0 Å². The fourth-order valence-electron chi connectivity index (χ4n) is 2.00. The zero-order valence-electron chi connectivity index (χ0n) is 10.7. The van der Waals surface area contributed by atoms with Crippen LogP contribution < -0.4 is 4.74 Å². The predicted molar refractivity (Wildman–Crippen MR) is 78.6 cm³/mol. The zero-order valence-corrected chi connectivity index (χ0v) is 11.5. The van der Waals surface area contributed by atoms with Gasteiger partial charge in [-0.1, -0.05) is 30.3 Å². The lowest BCUT2D eigenvalue weighted by Gasteiger charge is -2.03. The van der Waals surface area contributed by atoms with Crippen LogP contribution in [0, 0.1) is 0 Å². The molecule has 4 nitrogen and oxygen atoms in total. The zero-order chi connectivity index (χ0) is 14.1. The number of benzene rings is 2. The van der Waals surface area contributed by atoms with Gasteiger partial charge in [-0.05, 0) is 6.07 Å². The monoisotopic (exact) mass is 285 g/mol.